The molecule has 1 saturated heterocycles. The fraction of sp³-hybridized carbons (Fsp3) is 0.500. The number of hydrogen-bond acceptors (Lipinski definition) is 4. The minimum atomic E-state index is -0.445. The van der Waals surface area contributed by atoms with Gasteiger partial charge in [-0.25, -0.2) is 4.79 Å². The topological polar surface area (TPSA) is 75.8 Å². The van der Waals surface area contributed by atoms with E-state index in [0.29, 0.717) is 49.3 Å². The van der Waals surface area contributed by atoms with Crippen LogP contribution in [0.4, 0.5) is 0 Å². The molecule has 0 N–H and O–H groups in total. The molecule has 0 aliphatic carbocycles. The molecule has 1 aromatic carbocycles. The summed E-state index contributed by atoms with van der Waals surface area (Å²) in [7, 11) is 1.63. The number of oxazole rings is 1. The Morgan fingerprint density at radius 3 is 2.60 bits per heavy atom. The Bertz CT molecular complexity index is 852. The average molecular weight is 345 g/mol. The SMILES string of the molecule is CCCC(=O)N1CCCN(C(=O)c2ccc3c(c2)oc(=O)n3C)CC1. The Hall–Kier alpha value is -2.57. The van der Waals surface area contributed by atoms with Crippen LogP contribution < -0.4 is 5.76 Å². The lowest BCUT2D eigenvalue weighted by Gasteiger charge is -2.22. The summed E-state index contributed by atoms with van der Waals surface area (Å²) in [6.07, 6.45) is 2.15. The molecule has 7 heteroatoms. The fourth-order valence-electron chi connectivity index (χ4n) is 3.19. The van der Waals surface area contributed by atoms with Gasteiger partial charge in [0.15, 0.2) is 5.58 Å². The molecule has 0 radical (unpaired) electrons. The molecule has 0 unspecified atom stereocenters. The average Bonchev–Trinajstić information content (AvgIpc) is 2.79. The highest BCUT2D eigenvalue weighted by Crippen LogP contribution is 2.17. The first-order valence-electron chi connectivity index (χ1n) is 8.68. The molecule has 2 heterocycles. The standard InChI is InChI=1S/C18H23N3O4/c1-3-5-16(22)20-8-4-9-21(11-10-20)17(23)13-6-7-14-15(12-13)25-18(24)19(14)2/h6-7,12H,3-5,8-11H2,1-2H3. The van der Waals surface area contributed by atoms with E-state index in [1.807, 2.05) is 11.8 Å². The third-order valence-corrected chi connectivity index (χ3v) is 4.64. The molecule has 1 aliphatic heterocycles. The number of amides is 2. The van der Waals surface area contributed by atoms with Crippen molar-refractivity contribution in [1.29, 1.82) is 0 Å². The second-order valence-corrected chi connectivity index (χ2v) is 6.39. The van der Waals surface area contributed by atoms with Gasteiger partial charge in [0.05, 0.1) is 5.52 Å². The molecule has 0 bridgehead atoms. The number of carbonyl (C=O) groups excluding carboxylic acids is 2. The lowest BCUT2D eigenvalue weighted by Crippen LogP contribution is -2.37. The van der Waals surface area contributed by atoms with Crippen LogP contribution in [-0.4, -0.2) is 52.4 Å². The third kappa shape index (κ3) is 3.45. The highest BCUT2D eigenvalue weighted by molar-refractivity contribution is 5.97. The molecule has 1 aliphatic rings. The zero-order chi connectivity index (χ0) is 18.0. The van der Waals surface area contributed by atoms with Crippen molar-refractivity contribution < 1.29 is 14.0 Å². The Labute approximate surface area is 145 Å². The summed E-state index contributed by atoms with van der Waals surface area (Å²) < 4.78 is 6.57. The van der Waals surface area contributed by atoms with Crippen LogP contribution in [0.5, 0.6) is 0 Å². The number of nitrogens with zero attached hydrogens (tertiary/aromatic N) is 3. The van der Waals surface area contributed by atoms with E-state index in [2.05, 4.69) is 0 Å². The van der Waals surface area contributed by atoms with Gasteiger partial charge in [0.1, 0.15) is 0 Å². The van der Waals surface area contributed by atoms with E-state index in [9.17, 15) is 14.4 Å². The lowest BCUT2D eigenvalue weighted by atomic mass is 10.1. The molecule has 7 nitrogen and oxygen atoms in total. The lowest BCUT2D eigenvalue weighted by molar-refractivity contribution is -0.131. The molecule has 0 saturated carbocycles. The zero-order valence-corrected chi connectivity index (χ0v) is 14.7. The fourth-order valence-corrected chi connectivity index (χ4v) is 3.19. The molecule has 25 heavy (non-hydrogen) atoms. The quantitative estimate of drug-likeness (QED) is 0.847. The molecule has 2 aromatic rings. The molecule has 1 fully saturated rings. The third-order valence-electron chi connectivity index (χ3n) is 4.64. The van der Waals surface area contributed by atoms with Gasteiger partial charge in [-0.05, 0) is 31.0 Å². The summed E-state index contributed by atoms with van der Waals surface area (Å²) >= 11 is 0. The first-order valence-corrected chi connectivity index (χ1v) is 8.68. The number of aryl methyl sites for hydroxylation is 1. The van der Waals surface area contributed by atoms with Gasteiger partial charge in [-0.15, -0.1) is 0 Å². The second kappa shape index (κ2) is 7.13. The summed E-state index contributed by atoms with van der Waals surface area (Å²) in [5.74, 6) is -0.387. The Kier molecular flexibility index (Phi) is 4.92. The minimum Gasteiger partial charge on any atom is -0.408 e. The van der Waals surface area contributed by atoms with Crippen LogP contribution in [0.25, 0.3) is 11.1 Å². The van der Waals surface area contributed by atoms with Gasteiger partial charge in [0, 0.05) is 45.2 Å². The summed E-state index contributed by atoms with van der Waals surface area (Å²) in [6.45, 7) is 4.38. The molecule has 1 aromatic heterocycles. The van der Waals surface area contributed by atoms with Gasteiger partial charge >= 0.3 is 5.76 Å². The van der Waals surface area contributed by atoms with E-state index in [-0.39, 0.29) is 11.8 Å². The smallest absolute Gasteiger partial charge is 0.408 e. The van der Waals surface area contributed by atoms with Crippen molar-refractivity contribution in [1.82, 2.24) is 14.4 Å². The van der Waals surface area contributed by atoms with Crippen LogP contribution >= 0.6 is 0 Å². The summed E-state index contributed by atoms with van der Waals surface area (Å²) in [5, 5.41) is 0. The van der Waals surface area contributed by atoms with Crippen LogP contribution in [-0.2, 0) is 11.8 Å². The van der Waals surface area contributed by atoms with Crippen LogP contribution in [0.3, 0.4) is 0 Å². The van der Waals surface area contributed by atoms with Gasteiger partial charge in [-0.1, -0.05) is 6.92 Å². The van der Waals surface area contributed by atoms with Gasteiger partial charge < -0.3 is 14.2 Å². The molecule has 0 atom stereocenters. The number of fused-ring (bicyclic) bond motifs is 1. The summed E-state index contributed by atoms with van der Waals surface area (Å²) in [5.41, 5.74) is 1.57. The van der Waals surface area contributed by atoms with E-state index in [4.69, 9.17) is 4.42 Å². The van der Waals surface area contributed by atoms with Crippen LogP contribution in [0.1, 0.15) is 36.5 Å². The van der Waals surface area contributed by atoms with Gasteiger partial charge in [0.25, 0.3) is 5.91 Å². The van der Waals surface area contributed by atoms with Crippen LogP contribution in [0.2, 0.25) is 0 Å². The van der Waals surface area contributed by atoms with Crippen molar-refractivity contribution in [3.63, 3.8) is 0 Å². The van der Waals surface area contributed by atoms with Gasteiger partial charge in [-0.2, -0.15) is 0 Å². The van der Waals surface area contributed by atoms with Crippen molar-refractivity contribution >= 4 is 22.9 Å². The molecule has 134 valence electrons. The summed E-state index contributed by atoms with van der Waals surface area (Å²) in [4.78, 5) is 40.0. The van der Waals surface area contributed by atoms with Crippen molar-refractivity contribution in [2.45, 2.75) is 26.2 Å². The van der Waals surface area contributed by atoms with E-state index >= 15 is 0 Å². The number of carbonyl (C=O) groups is 2. The Morgan fingerprint density at radius 1 is 1.12 bits per heavy atom. The molecule has 2 amide bonds. The maximum absolute atomic E-state index is 12.8. The largest absolute Gasteiger partial charge is 0.419 e. The normalized spacial score (nSPS) is 15.4. The van der Waals surface area contributed by atoms with Gasteiger partial charge in [0.2, 0.25) is 5.91 Å². The zero-order valence-electron chi connectivity index (χ0n) is 14.7. The molecule has 3 rings (SSSR count). The minimum absolute atomic E-state index is 0.0989. The van der Waals surface area contributed by atoms with Gasteiger partial charge in [-0.3, -0.25) is 14.2 Å². The molecular weight excluding hydrogens is 322 g/mol. The second-order valence-electron chi connectivity index (χ2n) is 6.39. The number of rotatable bonds is 3. The Balaban J connectivity index is 1.74. The van der Waals surface area contributed by atoms with E-state index in [1.54, 1.807) is 30.1 Å². The van der Waals surface area contributed by atoms with E-state index in [0.717, 1.165) is 12.8 Å². The van der Waals surface area contributed by atoms with Crippen molar-refractivity contribution in [3.05, 3.63) is 34.3 Å². The predicted octanol–water partition coefficient (Wildman–Crippen LogP) is 1.61. The van der Waals surface area contributed by atoms with Crippen LogP contribution in [0, 0.1) is 0 Å². The predicted molar refractivity (Wildman–Crippen MR) is 93.5 cm³/mol. The first kappa shape index (κ1) is 17.3. The molecular formula is C18H23N3O4. The van der Waals surface area contributed by atoms with E-state index < -0.39 is 5.76 Å². The van der Waals surface area contributed by atoms with E-state index in [1.165, 1.54) is 4.57 Å². The highest BCUT2D eigenvalue weighted by atomic mass is 16.4. The number of aromatic nitrogens is 1. The number of hydrogen-bond donors (Lipinski definition) is 0. The maximum atomic E-state index is 12.8. The number of benzene rings is 1. The first-order chi connectivity index (χ1) is 12.0. The van der Waals surface area contributed by atoms with Crippen LogP contribution in [0.15, 0.2) is 27.4 Å². The van der Waals surface area contributed by atoms with Crippen molar-refractivity contribution in [3.8, 4) is 0 Å². The monoisotopic (exact) mass is 345 g/mol. The van der Waals surface area contributed by atoms with Crippen molar-refractivity contribution in [2.24, 2.45) is 7.05 Å². The molecule has 0 spiro atoms. The highest BCUT2D eigenvalue weighted by Gasteiger charge is 2.23. The maximum Gasteiger partial charge on any atom is 0.419 e. The Morgan fingerprint density at radius 2 is 1.84 bits per heavy atom. The van der Waals surface area contributed by atoms with Crippen molar-refractivity contribution in [2.75, 3.05) is 26.2 Å². The summed E-state index contributed by atoms with van der Waals surface area (Å²) in [6, 6.07) is 5.05.